The fourth-order valence-corrected chi connectivity index (χ4v) is 2.67. The molecule has 0 bridgehead atoms. The molecule has 2 aromatic carbocycles. The average molecular weight is 240 g/mol. The fourth-order valence-electron chi connectivity index (χ4n) is 2.67. The van der Waals surface area contributed by atoms with E-state index in [1.54, 1.807) is 0 Å². The van der Waals surface area contributed by atoms with Crippen molar-refractivity contribution in [3.8, 4) is 5.75 Å². The Bertz CT molecular complexity index is 596. The highest BCUT2D eigenvalue weighted by molar-refractivity contribution is 5.45. The molecule has 1 N–H and O–H groups in total. The van der Waals surface area contributed by atoms with E-state index in [2.05, 4.69) is 0 Å². The zero-order valence-corrected chi connectivity index (χ0v) is 9.61. The third-order valence-corrected chi connectivity index (χ3v) is 3.67. The summed E-state index contributed by atoms with van der Waals surface area (Å²) >= 11 is 0. The highest BCUT2D eigenvalue weighted by Gasteiger charge is 2.68. The van der Waals surface area contributed by atoms with Gasteiger partial charge >= 0.3 is 0 Å². The smallest absolute Gasteiger partial charge is 0.237 e. The van der Waals surface area contributed by atoms with Crippen molar-refractivity contribution < 1.29 is 14.6 Å². The minimum Gasteiger partial charge on any atom is -0.461 e. The normalized spacial score (nSPS) is 32.1. The molecule has 0 saturated carbocycles. The van der Waals surface area contributed by atoms with E-state index < -0.39 is 11.7 Å². The van der Waals surface area contributed by atoms with Crippen molar-refractivity contribution in [1.29, 1.82) is 0 Å². The molecule has 0 radical (unpaired) electrons. The van der Waals surface area contributed by atoms with Crippen LogP contribution in [0.4, 0.5) is 0 Å². The largest absolute Gasteiger partial charge is 0.461 e. The number of rotatable bonds is 1. The lowest BCUT2D eigenvalue weighted by Crippen LogP contribution is -2.29. The Morgan fingerprint density at radius 1 is 0.944 bits per heavy atom. The van der Waals surface area contributed by atoms with Crippen LogP contribution in [0.15, 0.2) is 54.6 Å². The standard InChI is InChI=1S/C15H12O3/c16-13-11-8-4-5-9-12(11)17-14-15(13,18-14)10-6-2-1-3-7-10/h1-9,13-14,16H/t13-,14-,15+/m0/s1. The Hall–Kier alpha value is -1.84. The van der Waals surface area contributed by atoms with E-state index in [-0.39, 0.29) is 6.29 Å². The number of aliphatic hydroxyl groups is 1. The van der Waals surface area contributed by atoms with Crippen LogP contribution in [-0.2, 0) is 10.3 Å². The molecule has 0 aromatic heterocycles. The number of ether oxygens (including phenoxy) is 2. The molecule has 2 heterocycles. The molecule has 0 aliphatic carbocycles. The molecule has 0 unspecified atom stereocenters. The Labute approximate surface area is 105 Å². The molecular weight excluding hydrogens is 228 g/mol. The molecule has 90 valence electrons. The number of benzene rings is 2. The first-order valence-corrected chi connectivity index (χ1v) is 5.99. The fraction of sp³-hybridized carbons (Fsp3) is 0.200. The summed E-state index contributed by atoms with van der Waals surface area (Å²) in [4.78, 5) is 0. The van der Waals surface area contributed by atoms with Gasteiger partial charge in [-0.1, -0.05) is 48.5 Å². The Balaban J connectivity index is 1.84. The third kappa shape index (κ3) is 1.15. The van der Waals surface area contributed by atoms with E-state index in [9.17, 15) is 5.11 Å². The number of hydrogen-bond donors (Lipinski definition) is 1. The van der Waals surface area contributed by atoms with Crippen LogP contribution >= 0.6 is 0 Å². The Morgan fingerprint density at radius 2 is 1.67 bits per heavy atom. The summed E-state index contributed by atoms with van der Waals surface area (Å²) in [6.45, 7) is 0. The van der Waals surface area contributed by atoms with E-state index in [1.165, 1.54) is 0 Å². The zero-order chi connectivity index (χ0) is 12.2. The molecule has 3 atom stereocenters. The lowest BCUT2D eigenvalue weighted by Gasteiger charge is -2.26. The van der Waals surface area contributed by atoms with Gasteiger partial charge in [-0.25, -0.2) is 0 Å². The summed E-state index contributed by atoms with van der Waals surface area (Å²) in [6.07, 6.45) is -1.07. The van der Waals surface area contributed by atoms with Gasteiger partial charge in [0.05, 0.1) is 0 Å². The van der Waals surface area contributed by atoms with Crippen molar-refractivity contribution in [1.82, 2.24) is 0 Å². The summed E-state index contributed by atoms with van der Waals surface area (Å²) in [5.41, 5.74) is 1.02. The van der Waals surface area contributed by atoms with Gasteiger partial charge in [-0.05, 0) is 11.6 Å². The summed E-state index contributed by atoms with van der Waals surface area (Å²) in [5, 5.41) is 10.6. The van der Waals surface area contributed by atoms with Crippen LogP contribution in [0.25, 0.3) is 0 Å². The third-order valence-electron chi connectivity index (χ3n) is 3.67. The van der Waals surface area contributed by atoms with Crippen molar-refractivity contribution in [3.05, 3.63) is 65.7 Å². The van der Waals surface area contributed by atoms with Gasteiger partial charge in [-0.15, -0.1) is 0 Å². The second kappa shape index (κ2) is 3.34. The first kappa shape index (κ1) is 10.1. The molecule has 2 aromatic rings. The molecule has 1 fully saturated rings. The van der Waals surface area contributed by atoms with Crippen LogP contribution in [-0.4, -0.2) is 11.4 Å². The highest BCUT2D eigenvalue weighted by Crippen LogP contribution is 2.59. The summed E-state index contributed by atoms with van der Waals surface area (Å²) in [5.74, 6) is 0.707. The van der Waals surface area contributed by atoms with Gasteiger partial charge < -0.3 is 14.6 Å². The number of fused-ring (bicyclic) bond motifs is 2. The molecule has 2 aliphatic heterocycles. The number of epoxide rings is 1. The van der Waals surface area contributed by atoms with E-state index in [4.69, 9.17) is 9.47 Å². The quantitative estimate of drug-likeness (QED) is 0.778. The molecule has 3 heteroatoms. The second-order valence-corrected chi connectivity index (χ2v) is 4.67. The molecule has 18 heavy (non-hydrogen) atoms. The average Bonchev–Trinajstić information content (AvgIpc) is 3.16. The topological polar surface area (TPSA) is 42.0 Å². The van der Waals surface area contributed by atoms with E-state index in [0.29, 0.717) is 5.75 Å². The molecule has 0 amide bonds. The molecule has 1 saturated heterocycles. The number of hydrogen-bond acceptors (Lipinski definition) is 3. The highest BCUT2D eigenvalue weighted by atomic mass is 16.8. The van der Waals surface area contributed by atoms with Crippen molar-refractivity contribution in [2.45, 2.75) is 18.0 Å². The predicted octanol–water partition coefficient (Wildman–Crippen LogP) is 2.36. The first-order valence-electron chi connectivity index (χ1n) is 5.99. The van der Waals surface area contributed by atoms with Gasteiger partial charge in [0.15, 0.2) is 5.60 Å². The maximum absolute atomic E-state index is 10.6. The maximum Gasteiger partial charge on any atom is 0.237 e. The SMILES string of the molecule is O[C@H]1c2ccccc2O[C@H]2O[C@@]21c1ccccc1. The molecule has 3 nitrogen and oxygen atoms in total. The van der Waals surface area contributed by atoms with Crippen LogP contribution in [0.3, 0.4) is 0 Å². The lowest BCUT2D eigenvalue weighted by molar-refractivity contribution is 0.0665. The lowest BCUT2D eigenvalue weighted by atomic mass is 9.87. The van der Waals surface area contributed by atoms with Crippen LogP contribution in [0.1, 0.15) is 17.2 Å². The first-order chi connectivity index (χ1) is 8.82. The van der Waals surface area contributed by atoms with Gasteiger partial charge in [0.1, 0.15) is 11.9 Å². The summed E-state index contributed by atoms with van der Waals surface area (Å²) < 4.78 is 11.4. The number of para-hydroxylation sites is 1. The summed E-state index contributed by atoms with van der Waals surface area (Å²) in [7, 11) is 0. The van der Waals surface area contributed by atoms with E-state index >= 15 is 0 Å². The molecule has 4 rings (SSSR count). The minimum absolute atomic E-state index is 0.384. The van der Waals surface area contributed by atoms with Gasteiger partial charge in [-0.2, -0.15) is 0 Å². The Morgan fingerprint density at radius 3 is 2.50 bits per heavy atom. The van der Waals surface area contributed by atoms with Gasteiger partial charge in [0.25, 0.3) is 0 Å². The van der Waals surface area contributed by atoms with E-state index in [0.717, 1.165) is 11.1 Å². The molecular formula is C15H12O3. The van der Waals surface area contributed by atoms with E-state index in [1.807, 2.05) is 54.6 Å². The van der Waals surface area contributed by atoms with Crippen molar-refractivity contribution in [3.63, 3.8) is 0 Å². The monoisotopic (exact) mass is 240 g/mol. The maximum atomic E-state index is 10.6. The van der Waals surface area contributed by atoms with Crippen LogP contribution in [0.2, 0.25) is 0 Å². The van der Waals surface area contributed by atoms with Crippen LogP contribution in [0, 0.1) is 0 Å². The number of aliphatic hydroxyl groups excluding tert-OH is 1. The minimum atomic E-state index is -0.727. The second-order valence-electron chi connectivity index (χ2n) is 4.67. The van der Waals surface area contributed by atoms with Crippen molar-refractivity contribution in [2.24, 2.45) is 0 Å². The Kier molecular flexibility index (Phi) is 1.88. The zero-order valence-electron chi connectivity index (χ0n) is 9.61. The van der Waals surface area contributed by atoms with Gasteiger partial charge in [0.2, 0.25) is 6.29 Å². The summed E-state index contributed by atoms with van der Waals surface area (Å²) in [6, 6.07) is 17.3. The molecule has 2 aliphatic rings. The van der Waals surface area contributed by atoms with Crippen molar-refractivity contribution >= 4 is 0 Å². The van der Waals surface area contributed by atoms with Gasteiger partial charge in [0, 0.05) is 5.56 Å². The van der Waals surface area contributed by atoms with Crippen LogP contribution < -0.4 is 4.74 Å². The van der Waals surface area contributed by atoms with Crippen LogP contribution in [0.5, 0.6) is 5.75 Å². The molecule has 0 spiro atoms. The van der Waals surface area contributed by atoms with Crippen molar-refractivity contribution in [2.75, 3.05) is 0 Å². The predicted molar refractivity (Wildman–Crippen MR) is 65.0 cm³/mol. The van der Waals surface area contributed by atoms with Gasteiger partial charge in [-0.3, -0.25) is 0 Å².